The Balaban J connectivity index is 0.000000155. The predicted octanol–water partition coefficient (Wildman–Crippen LogP) is 14.8. The van der Waals surface area contributed by atoms with Crippen LogP contribution in [0, 0.1) is 34.7 Å². The Morgan fingerprint density at radius 3 is 1.11 bits per heavy atom. The molecule has 1 aliphatic carbocycles. The molecule has 5 amide bonds. The van der Waals surface area contributed by atoms with Gasteiger partial charge in [0.25, 0.3) is 17.8 Å². The summed E-state index contributed by atoms with van der Waals surface area (Å²) in [6.45, 7) is 14.2. The second kappa shape index (κ2) is 33.6. The first kappa shape index (κ1) is 86.3. The molecule has 612 valence electrons. The minimum absolute atomic E-state index is 0.0146. The molecule has 0 radical (unpaired) electrons. The fraction of sp³-hybridized carbons (Fsp3) is 0.353. The third-order valence-corrected chi connectivity index (χ3v) is 25.5. The number of hydrogen-bond donors (Lipinski definition) is 5. The van der Waals surface area contributed by atoms with Gasteiger partial charge in [0.1, 0.15) is 39.6 Å². The van der Waals surface area contributed by atoms with Crippen molar-refractivity contribution in [3.8, 4) is 39.4 Å². The summed E-state index contributed by atoms with van der Waals surface area (Å²) in [6, 6.07) is 31.2. The second-order valence-corrected chi connectivity index (χ2v) is 34.0. The van der Waals surface area contributed by atoms with Crippen LogP contribution in [0.1, 0.15) is 160 Å². The number of hydrogen-bond acceptors (Lipinski definition) is 20. The molecule has 9 N–H and O–H groups in total. The highest BCUT2D eigenvalue weighted by molar-refractivity contribution is 7.11. The Morgan fingerprint density at radius 1 is 0.496 bits per heavy atom. The van der Waals surface area contributed by atoms with Gasteiger partial charge in [0.05, 0.1) is 47.8 Å². The number of pyridine rings is 3. The molecule has 3 aromatic carbocycles. The van der Waals surface area contributed by atoms with Gasteiger partial charge in [0.2, 0.25) is 23.6 Å². The summed E-state index contributed by atoms with van der Waals surface area (Å²) in [5.74, 6) is -9.28. The normalized spacial score (nSPS) is 23.5. The first-order valence-corrected chi connectivity index (χ1v) is 39.9. The summed E-state index contributed by atoms with van der Waals surface area (Å²) in [4.78, 5) is 101. The fourth-order valence-electron chi connectivity index (χ4n) is 15.3. The third-order valence-electron chi connectivity index (χ3n) is 22.0. The summed E-state index contributed by atoms with van der Waals surface area (Å²) in [7, 11) is 6.33. The average Bonchev–Trinajstić information content (AvgIpc) is 1.74. The molecule has 0 unspecified atom stereocenters. The van der Waals surface area contributed by atoms with Gasteiger partial charge >= 0.3 is 0 Å². The number of thiophene rings is 3. The summed E-state index contributed by atoms with van der Waals surface area (Å²) >= 11 is 4.17. The molecule has 22 nitrogen and oxygen atoms in total. The second-order valence-electron chi connectivity index (χ2n) is 31.2. The van der Waals surface area contributed by atoms with E-state index in [1.165, 1.54) is 134 Å². The minimum atomic E-state index is -2.99. The number of nitriles is 1. The van der Waals surface area contributed by atoms with Gasteiger partial charge in [-0.05, 0) is 158 Å². The van der Waals surface area contributed by atoms with Crippen molar-refractivity contribution in [3.05, 3.63) is 228 Å². The number of nitrogens with one attached hydrogen (secondary N) is 1. The molecule has 32 heteroatoms. The SMILES string of the molecule is CC(=O)N[C@@H]1CCC[C@H](C[C@@]2(C)N=C(N)N(C)C2=O)C1.CN1C(=O)[C@@H](c2ccc(C(C)(F)F)cc2)[C@@](C)(c2cc(-c3cncc(F)c3)cs2)N=C1N.CN1C(=O)[C@H](c2ccc(C(C)(C)C#N)cc2)[C@@](C)(c2cc(-c3cncc(F)c3)cs2)N=C1N.CN1C(=O)[C@H](c2ccc(C(C)(F)F)cc2)[C@@](C)(c2cc(-c3cncc(F)c3)cs2)N=C1N. The van der Waals surface area contributed by atoms with Crippen LogP contribution in [0.15, 0.2) is 182 Å². The molecule has 0 bridgehead atoms. The van der Waals surface area contributed by atoms with Gasteiger partial charge in [-0.2, -0.15) is 5.26 Å². The van der Waals surface area contributed by atoms with Crippen molar-refractivity contribution in [1.82, 2.24) is 39.9 Å². The van der Waals surface area contributed by atoms with Crippen LogP contribution < -0.4 is 28.3 Å². The zero-order chi connectivity index (χ0) is 85.4. The van der Waals surface area contributed by atoms with Crippen molar-refractivity contribution in [2.24, 2.45) is 48.8 Å². The molecule has 0 spiro atoms. The number of nitrogens with two attached hydrogens (primary N) is 4. The van der Waals surface area contributed by atoms with Crippen LogP contribution in [-0.4, -0.2) is 128 Å². The van der Waals surface area contributed by atoms with Crippen molar-refractivity contribution < 1.29 is 54.7 Å². The number of carbonyl (C=O) groups is 5. The van der Waals surface area contributed by atoms with E-state index < -0.39 is 74.6 Å². The Morgan fingerprint density at radius 2 is 0.821 bits per heavy atom. The molecule has 1 fully saturated rings. The lowest BCUT2D eigenvalue weighted by molar-refractivity contribution is -0.131. The third kappa shape index (κ3) is 18.2. The van der Waals surface area contributed by atoms with Crippen LogP contribution in [0.25, 0.3) is 33.4 Å². The molecule has 14 rings (SSSR count). The highest BCUT2D eigenvalue weighted by Gasteiger charge is 2.52. The van der Waals surface area contributed by atoms with Gasteiger partial charge in [0.15, 0.2) is 23.8 Å². The quantitative estimate of drug-likeness (QED) is 0.0597. The molecule has 9 aromatic rings. The van der Waals surface area contributed by atoms with E-state index in [1.54, 1.807) is 53.5 Å². The molecule has 9 atom stereocenters. The number of nitrogens with zero attached hydrogens (tertiary/aromatic N) is 12. The zero-order valence-corrected chi connectivity index (χ0v) is 69.0. The first-order chi connectivity index (χ1) is 54.9. The highest BCUT2D eigenvalue weighted by atomic mass is 32.1. The molecule has 10 heterocycles. The molecule has 6 aromatic heterocycles. The van der Waals surface area contributed by atoms with Gasteiger partial charge in [-0.1, -0.05) is 85.6 Å². The maximum absolute atomic E-state index is 13.7. The summed E-state index contributed by atoms with van der Waals surface area (Å²) in [6.07, 6.45) is 12.9. The van der Waals surface area contributed by atoms with Crippen molar-refractivity contribution >= 4 is 87.4 Å². The molecular formula is C85H90F7N17O5S3. The molecule has 0 saturated heterocycles. The first-order valence-electron chi connectivity index (χ1n) is 37.3. The van der Waals surface area contributed by atoms with E-state index in [2.05, 4.69) is 41.3 Å². The van der Waals surface area contributed by atoms with E-state index in [9.17, 15) is 60.0 Å². The van der Waals surface area contributed by atoms with Gasteiger partial charge in [-0.25, -0.2) is 50.7 Å². The number of rotatable bonds is 15. The van der Waals surface area contributed by atoms with E-state index in [-0.39, 0.29) is 64.6 Å². The van der Waals surface area contributed by atoms with Crippen molar-refractivity contribution in [1.29, 1.82) is 5.26 Å². The number of carbonyl (C=O) groups excluding carboxylic acids is 5. The van der Waals surface area contributed by atoms with E-state index in [4.69, 9.17) is 27.9 Å². The topological polar surface area (TPSA) is 326 Å². The molecule has 117 heavy (non-hydrogen) atoms. The number of aromatic nitrogens is 3. The van der Waals surface area contributed by atoms with E-state index in [0.29, 0.717) is 46.1 Å². The molecule has 4 aliphatic heterocycles. The predicted molar refractivity (Wildman–Crippen MR) is 440 cm³/mol. The number of alkyl halides is 4. The standard InChI is InChI=1S/C25H24FN5OS.2C23H21F3N4OS.C14H24N4O2/c1-24(2,14-27)18-7-5-15(6-8-18)21-22(32)31(4)23(28)30-25(21,3)20-10-17(13-33-20)16-9-19(26)12-29-11-16;2*1-22(18-9-15(12-32-18)14-8-17(24)11-28-10-14)19(20(31)30(3)21(27)29-22)13-4-6-16(7-5-13)23(2,25)26;1-9(19)16-11-6-4-5-10(7-11)8-14(2)12(20)18(3)13(15)17-14/h5-13,21H,1-4H3,(H2,28,30);2*4-12,19H,1-3H3,(H2,27,29);10-11H,4-8H2,1-3H3,(H2,15,17)(H,16,19)/t21-,25+;19-,22+;19-,22-;10-,11+,14+/m0010/s1. The van der Waals surface area contributed by atoms with E-state index >= 15 is 0 Å². The van der Waals surface area contributed by atoms with Crippen LogP contribution in [0.2, 0.25) is 0 Å². The van der Waals surface area contributed by atoms with Crippen molar-refractivity contribution in [2.45, 2.75) is 158 Å². The lowest BCUT2D eigenvalue weighted by Gasteiger charge is -2.40. The van der Waals surface area contributed by atoms with Crippen LogP contribution >= 0.6 is 34.0 Å². The molecule has 1 saturated carbocycles. The maximum Gasteiger partial charge on any atom is 0.270 e. The van der Waals surface area contributed by atoms with Gasteiger partial charge in [-0.3, -0.25) is 58.5 Å². The highest BCUT2D eigenvalue weighted by Crippen LogP contribution is 2.51. The fourth-order valence-corrected chi connectivity index (χ4v) is 18.4. The number of amides is 5. The zero-order valence-electron chi connectivity index (χ0n) is 66.6. The Labute approximate surface area is 685 Å². The largest absolute Gasteiger partial charge is 0.369 e. The van der Waals surface area contributed by atoms with Crippen LogP contribution in [-0.2, 0) is 57.8 Å². The lowest BCUT2D eigenvalue weighted by Crippen LogP contribution is -2.52. The van der Waals surface area contributed by atoms with Crippen LogP contribution in [0.3, 0.4) is 0 Å². The number of guanidine groups is 4. The number of likely N-dealkylation sites (N-methyl/N-ethyl adjacent to an activating group) is 4. The minimum Gasteiger partial charge on any atom is -0.369 e. The monoisotopic (exact) mass is 1660 g/mol. The van der Waals surface area contributed by atoms with Crippen molar-refractivity contribution in [3.63, 3.8) is 0 Å². The average molecular weight is 1660 g/mol. The Kier molecular flexibility index (Phi) is 24.8. The maximum atomic E-state index is 13.7. The van der Waals surface area contributed by atoms with E-state index in [0.717, 1.165) is 101 Å². The molecule has 5 aliphatic rings. The van der Waals surface area contributed by atoms with Crippen molar-refractivity contribution in [2.75, 3.05) is 28.2 Å². The Bertz CT molecular complexity index is 5240. The van der Waals surface area contributed by atoms with Gasteiger partial charge in [0, 0.05) is 116 Å². The summed E-state index contributed by atoms with van der Waals surface area (Å²) < 4.78 is 95.7. The summed E-state index contributed by atoms with van der Waals surface area (Å²) in [5, 5.41) is 18.0. The number of benzene rings is 3. The lowest BCUT2D eigenvalue weighted by atomic mass is 9.76. The van der Waals surface area contributed by atoms with Gasteiger partial charge < -0.3 is 28.3 Å². The van der Waals surface area contributed by atoms with Gasteiger partial charge in [-0.15, -0.1) is 34.0 Å². The smallest absolute Gasteiger partial charge is 0.270 e. The van der Waals surface area contributed by atoms with Crippen LogP contribution in [0.4, 0.5) is 30.7 Å². The van der Waals surface area contributed by atoms with E-state index in [1.807, 2.05) is 86.3 Å². The summed E-state index contributed by atoms with van der Waals surface area (Å²) in [5.41, 5.74) is 26.1. The molecular weight excluding hydrogens is 1570 g/mol. The number of halogens is 7. The number of aliphatic imine (C=N–C) groups is 4. The Hall–Kier alpha value is -11.6. The van der Waals surface area contributed by atoms with Crippen LogP contribution in [0.5, 0.6) is 0 Å².